The standard InChI is InChI=1S/C14H18FN3O3/c1-14(10-16,17-2)7-3-4-8-21-13-6-5-11(18(19)20)9-12(13)15/h5-6,9,17H,3-4,7-8H2,1-2H3. The first-order valence-corrected chi connectivity index (χ1v) is 6.59. The Morgan fingerprint density at radius 1 is 1.52 bits per heavy atom. The van der Waals surface area contributed by atoms with Gasteiger partial charge in [0.25, 0.3) is 5.69 Å². The Labute approximate surface area is 122 Å². The highest BCUT2D eigenvalue weighted by molar-refractivity contribution is 5.37. The summed E-state index contributed by atoms with van der Waals surface area (Å²) in [6.45, 7) is 2.10. The maximum absolute atomic E-state index is 13.5. The van der Waals surface area contributed by atoms with Crippen molar-refractivity contribution in [1.29, 1.82) is 5.26 Å². The number of nitro benzene ring substituents is 1. The van der Waals surface area contributed by atoms with Gasteiger partial charge in [0.1, 0.15) is 5.54 Å². The van der Waals surface area contributed by atoms with E-state index in [4.69, 9.17) is 10.00 Å². The summed E-state index contributed by atoms with van der Waals surface area (Å²) in [6.07, 6.45) is 2.07. The van der Waals surface area contributed by atoms with Crippen LogP contribution in [0, 0.1) is 27.3 Å². The van der Waals surface area contributed by atoms with Crippen molar-refractivity contribution in [3.63, 3.8) is 0 Å². The molecule has 0 aromatic heterocycles. The van der Waals surface area contributed by atoms with Crippen molar-refractivity contribution in [2.75, 3.05) is 13.7 Å². The number of unbranched alkanes of at least 4 members (excludes halogenated alkanes) is 1. The Balaban J connectivity index is 2.40. The first-order valence-electron chi connectivity index (χ1n) is 6.59. The van der Waals surface area contributed by atoms with Crippen molar-refractivity contribution in [1.82, 2.24) is 5.32 Å². The van der Waals surface area contributed by atoms with Crippen LogP contribution in [-0.4, -0.2) is 24.1 Å². The molecule has 0 fully saturated rings. The van der Waals surface area contributed by atoms with Crippen LogP contribution in [0.3, 0.4) is 0 Å². The van der Waals surface area contributed by atoms with Crippen LogP contribution in [0.4, 0.5) is 10.1 Å². The van der Waals surface area contributed by atoms with Crippen molar-refractivity contribution >= 4 is 5.69 Å². The average molecular weight is 295 g/mol. The summed E-state index contributed by atoms with van der Waals surface area (Å²) in [5, 5.41) is 22.4. The lowest BCUT2D eigenvalue weighted by atomic mass is 9.97. The van der Waals surface area contributed by atoms with Gasteiger partial charge in [-0.05, 0) is 39.3 Å². The molecule has 7 heteroatoms. The minimum atomic E-state index is -0.749. The summed E-state index contributed by atoms with van der Waals surface area (Å²) in [4.78, 5) is 9.82. The molecule has 1 unspecified atom stereocenters. The fraction of sp³-hybridized carbons (Fsp3) is 0.500. The number of ether oxygens (including phenoxy) is 1. The second-order valence-corrected chi connectivity index (χ2v) is 4.87. The number of nitrogens with zero attached hydrogens (tertiary/aromatic N) is 2. The number of benzene rings is 1. The van der Waals surface area contributed by atoms with Gasteiger partial charge in [-0.25, -0.2) is 4.39 Å². The molecular formula is C14H18FN3O3. The van der Waals surface area contributed by atoms with Crippen molar-refractivity contribution in [3.8, 4) is 11.8 Å². The number of halogens is 1. The summed E-state index contributed by atoms with van der Waals surface area (Å²) in [7, 11) is 1.73. The van der Waals surface area contributed by atoms with E-state index in [1.54, 1.807) is 7.05 Å². The molecule has 0 saturated carbocycles. The van der Waals surface area contributed by atoms with Gasteiger partial charge in [0, 0.05) is 6.07 Å². The highest BCUT2D eigenvalue weighted by atomic mass is 19.1. The Morgan fingerprint density at radius 3 is 2.76 bits per heavy atom. The largest absolute Gasteiger partial charge is 0.491 e. The number of hydrogen-bond donors (Lipinski definition) is 1. The van der Waals surface area contributed by atoms with Crippen LogP contribution in [0.1, 0.15) is 26.2 Å². The third-order valence-corrected chi connectivity index (χ3v) is 3.25. The van der Waals surface area contributed by atoms with Gasteiger partial charge in [-0.3, -0.25) is 10.1 Å². The molecule has 1 aromatic carbocycles. The molecule has 0 amide bonds. The quantitative estimate of drug-likeness (QED) is 0.452. The molecule has 0 aliphatic rings. The van der Waals surface area contributed by atoms with Crippen molar-refractivity contribution in [3.05, 3.63) is 34.1 Å². The van der Waals surface area contributed by atoms with Gasteiger partial charge in [-0.2, -0.15) is 5.26 Å². The lowest BCUT2D eigenvalue weighted by molar-refractivity contribution is -0.385. The monoisotopic (exact) mass is 295 g/mol. The minimum Gasteiger partial charge on any atom is -0.491 e. The smallest absolute Gasteiger partial charge is 0.272 e. The Hall–Kier alpha value is -2.20. The van der Waals surface area contributed by atoms with E-state index in [0.29, 0.717) is 19.4 Å². The van der Waals surface area contributed by atoms with Gasteiger partial charge >= 0.3 is 0 Å². The molecule has 1 aromatic rings. The molecule has 21 heavy (non-hydrogen) atoms. The van der Waals surface area contributed by atoms with E-state index in [1.165, 1.54) is 12.1 Å². The zero-order valence-electron chi connectivity index (χ0n) is 12.1. The van der Waals surface area contributed by atoms with Gasteiger partial charge in [0.05, 0.1) is 23.7 Å². The molecule has 0 aliphatic carbocycles. The van der Waals surface area contributed by atoms with Gasteiger partial charge in [-0.1, -0.05) is 0 Å². The van der Waals surface area contributed by atoms with Gasteiger partial charge in [0.15, 0.2) is 11.6 Å². The molecule has 6 nitrogen and oxygen atoms in total. The SMILES string of the molecule is CNC(C)(C#N)CCCCOc1ccc([N+](=O)[O-])cc1F. The summed E-state index contributed by atoms with van der Waals surface area (Å²) >= 11 is 0. The summed E-state index contributed by atoms with van der Waals surface area (Å²) < 4.78 is 18.8. The fourth-order valence-electron chi connectivity index (χ4n) is 1.72. The number of rotatable bonds is 8. The van der Waals surface area contributed by atoms with Crippen LogP contribution in [0.5, 0.6) is 5.75 Å². The summed E-state index contributed by atoms with van der Waals surface area (Å²) in [5.41, 5.74) is -0.878. The predicted molar refractivity (Wildman–Crippen MR) is 75.5 cm³/mol. The van der Waals surface area contributed by atoms with Crippen molar-refractivity contribution in [2.24, 2.45) is 0 Å². The molecule has 1 rings (SSSR count). The third-order valence-electron chi connectivity index (χ3n) is 3.25. The van der Waals surface area contributed by atoms with E-state index in [9.17, 15) is 14.5 Å². The van der Waals surface area contributed by atoms with Gasteiger partial charge < -0.3 is 10.1 Å². The van der Waals surface area contributed by atoms with Crippen molar-refractivity contribution < 1.29 is 14.1 Å². The molecule has 0 radical (unpaired) electrons. The Morgan fingerprint density at radius 2 is 2.24 bits per heavy atom. The van der Waals surface area contributed by atoms with Crippen molar-refractivity contribution in [2.45, 2.75) is 31.7 Å². The molecule has 1 atom stereocenters. The topological polar surface area (TPSA) is 88.2 Å². The van der Waals surface area contributed by atoms with E-state index < -0.39 is 16.3 Å². The normalized spacial score (nSPS) is 13.2. The number of hydrogen-bond acceptors (Lipinski definition) is 5. The van der Waals surface area contributed by atoms with E-state index in [2.05, 4.69) is 11.4 Å². The number of nitrogens with one attached hydrogen (secondary N) is 1. The Bertz CT molecular complexity index is 545. The third kappa shape index (κ3) is 5.00. The van der Waals surface area contributed by atoms with E-state index in [-0.39, 0.29) is 11.4 Å². The minimum absolute atomic E-state index is 0.00254. The number of nitro groups is 1. The zero-order valence-corrected chi connectivity index (χ0v) is 12.1. The molecule has 0 spiro atoms. The first kappa shape index (κ1) is 16.9. The molecule has 114 valence electrons. The highest BCUT2D eigenvalue weighted by Crippen LogP contribution is 2.22. The van der Waals surface area contributed by atoms with Crippen LogP contribution in [-0.2, 0) is 0 Å². The maximum Gasteiger partial charge on any atom is 0.272 e. The lowest BCUT2D eigenvalue weighted by Gasteiger charge is -2.20. The molecule has 0 saturated heterocycles. The molecule has 0 bridgehead atoms. The second-order valence-electron chi connectivity index (χ2n) is 4.87. The van der Waals surface area contributed by atoms with Gasteiger partial charge in [-0.15, -0.1) is 0 Å². The van der Waals surface area contributed by atoms with E-state index in [1.807, 2.05) is 6.92 Å². The van der Waals surface area contributed by atoms with Gasteiger partial charge in [0.2, 0.25) is 0 Å². The maximum atomic E-state index is 13.5. The second kappa shape index (κ2) is 7.55. The van der Waals surface area contributed by atoms with E-state index >= 15 is 0 Å². The zero-order chi connectivity index (χ0) is 15.9. The number of non-ortho nitro benzene ring substituents is 1. The fourth-order valence-corrected chi connectivity index (χ4v) is 1.72. The highest BCUT2D eigenvalue weighted by Gasteiger charge is 2.20. The van der Waals surface area contributed by atoms with Crippen LogP contribution in [0.2, 0.25) is 0 Å². The summed E-state index contributed by atoms with van der Waals surface area (Å²) in [5.74, 6) is -0.751. The predicted octanol–water partition coefficient (Wildman–Crippen LogP) is 2.78. The molecule has 1 N–H and O–H groups in total. The lowest BCUT2D eigenvalue weighted by Crippen LogP contribution is -2.37. The van der Waals surface area contributed by atoms with Crippen LogP contribution in [0.25, 0.3) is 0 Å². The Kier molecular flexibility index (Phi) is 6.06. The van der Waals surface area contributed by atoms with E-state index in [0.717, 1.165) is 12.5 Å². The molecule has 0 heterocycles. The van der Waals surface area contributed by atoms with Crippen LogP contribution in [0.15, 0.2) is 18.2 Å². The average Bonchev–Trinajstić information content (AvgIpc) is 2.47. The van der Waals surface area contributed by atoms with Crippen LogP contribution >= 0.6 is 0 Å². The summed E-state index contributed by atoms with van der Waals surface area (Å²) in [6, 6.07) is 5.47. The van der Waals surface area contributed by atoms with Crippen LogP contribution < -0.4 is 10.1 Å². The number of nitriles is 1. The molecule has 0 aliphatic heterocycles. The first-order chi connectivity index (χ1) is 9.91. The molecular weight excluding hydrogens is 277 g/mol.